The van der Waals surface area contributed by atoms with Crippen LogP contribution >= 0.6 is 15.9 Å². The van der Waals surface area contributed by atoms with Gasteiger partial charge in [-0.15, -0.1) is 0 Å². The molecule has 6 heteroatoms. The minimum atomic E-state index is 0.774. The largest absolute Gasteiger partial charge is 0.497 e. The van der Waals surface area contributed by atoms with Gasteiger partial charge < -0.3 is 15.4 Å². The SMILES string of the molecule is CCNc1ncnc(Nc2cc(Br)cc(OC)c2)c1C. The molecule has 0 saturated carbocycles. The second-order valence-electron chi connectivity index (χ2n) is 4.23. The fourth-order valence-electron chi connectivity index (χ4n) is 1.81. The van der Waals surface area contributed by atoms with Gasteiger partial charge in [-0.25, -0.2) is 9.97 Å². The maximum atomic E-state index is 5.25. The number of methoxy groups -OCH3 is 1. The highest BCUT2D eigenvalue weighted by Crippen LogP contribution is 2.28. The first-order valence-electron chi connectivity index (χ1n) is 6.31. The maximum absolute atomic E-state index is 5.25. The van der Waals surface area contributed by atoms with Crippen molar-refractivity contribution in [3.63, 3.8) is 0 Å². The molecule has 0 aliphatic rings. The Balaban J connectivity index is 2.30. The Hall–Kier alpha value is -1.82. The van der Waals surface area contributed by atoms with E-state index in [2.05, 4.69) is 36.5 Å². The fraction of sp³-hybridized carbons (Fsp3) is 0.286. The molecule has 0 unspecified atom stereocenters. The normalized spacial score (nSPS) is 10.2. The molecule has 5 nitrogen and oxygen atoms in total. The van der Waals surface area contributed by atoms with Gasteiger partial charge in [0.1, 0.15) is 23.7 Å². The molecule has 0 amide bonds. The third kappa shape index (κ3) is 3.39. The molecule has 0 fully saturated rings. The number of aromatic nitrogens is 2. The van der Waals surface area contributed by atoms with Crippen molar-refractivity contribution in [1.82, 2.24) is 9.97 Å². The van der Waals surface area contributed by atoms with E-state index >= 15 is 0 Å². The van der Waals surface area contributed by atoms with Crippen molar-refractivity contribution in [1.29, 1.82) is 0 Å². The van der Waals surface area contributed by atoms with E-state index in [0.29, 0.717) is 0 Å². The molecular formula is C14H17BrN4O. The molecule has 1 aromatic heterocycles. The van der Waals surface area contributed by atoms with Gasteiger partial charge in [0, 0.05) is 28.3 Å². The minimum Gasteiger partial charge on any atom is -0.497 e. The fourth-order valence-corrected chi connectivity index (χ4v) is 2.28. The Bertz CT molecular complexity index is 604. The summed E-state index contributed by atoms with van der Waals surface area (Å²) in [6.45, 7) is 4.84. The van der Waals surface area contributed by atoms with Gasteiger partial charge in [0.2, 0.25) is 0 Å². The smallest absolute Gasteiger partial charge is 0.138 e. The van der Waals surface area contributed by atoms with Crippen LogP contribution in [-0.2, 0) is 0 Å². The van der Waals surface area contributed by atoms with Crippen LogP contribution in [-0.4, -0.2) is 23.6 Å². The molecule has 0 aliphatic heterocycles. The highest BCUT2D eigenvalue weighted by atomic mass is 79.9. The number of halogens is 1. The summed E-state index contributed by atoms with van der Waals surface area (Å²) in [4.78, 5) is 8.51. The highest BCUT2D eigenvalue weighted by Gasteiger charge is 2.07. The van der Waals surface area contributed by atoms with Crippen molar-refractivity contribution >= 4 is 33.3 Å². The second-order valence-corrected chi connectivity index (χ2v) is 5.15. The topological polar surface area (TPSA) is 59.1 Å². The number of ether oxygens (including phenoxy) is 1. The number of anilines is 3. The van der Waals surface area contributed by atoms with Crippen LogP contribution in [0.5, 0.6) is 5.75 Å². The van der Waals surface area contributed by atoms with Gasteiger partial charge in [-0.2, -0.15) is 0 Å². The van der Waals surface area contributed by atoms with Gasteiger partial charge in [-0.1, -0.05) is 15.9 Å². The summed E-state index contributed by atoms with van der Waals surface area (Å²) < 4.78 is 6.19. The third-order valence-electron chi connectivity index (χ3n) is 2.80. The molecule has 1 aromatic carbocycles. The van der Waals surface area contributed by atoms with Crippen molar-refractivity contribution in [3.05, 3.63) is 34.6 Å². The predicted molar refractivity (Wildman–Crippen MR) is 84.9 cm³/mol. The summed E-state index contributed by atoms with van der Waals surface area (Å²) in [5.74, 6) is 2.39. The van der Waals surface area contributed by atoms with Crippen molar-refractivity contribution in [3.8, 4) is 5.75 Å². The van der Waals surface area contributed by atoms with Crippen LogP contribution in [0.2, 0.25) is 0 Å². The van der Waals surface area contributed by atoms with Crippen molar-refractivity contribution < 1.29 is 4.74 Å². The monoisotopic (exact) mass is 336 g/mol. The van der Waals surface area contributed by atoms with E-state index in [9.17, 15) is 0 Å². The molecule has 0 spiro atoms. The summed E-state index contributed by atoms with van der Waals surface area (Å²) in [6, 6.07) is 5.79. The van der Waals surface area contributed by atoms with Crippen LogP contribution in [0.15, 0.2) is 29.0 Å². The average molecular weight is 337 g/mol. The van der Waals surface area contributed by atoms with Gasteiger partial charge >= 0.3 is 0 Å². The molecule has 20 heavy (non-hydrogen) atoms. The van der Waals surface area contributed by atoms with Gasteiger partial charge in [0.05, 0.1) is 7.11 Å². The number of benzene rings is 1. The minimum absolute atomic E-state index is 0.774. The Labute approximate surface area is 126 Å². The Kier molecular flexibility index (Phi) is 4.79. The number of hydrogen-bond acceptors (Lipinski definition) is 5. The standard InChI is InChI=1S/C14H17BrN4O/c1-4-16-13-9(2)14(18-8-17-13)19-11-5-10(15)6-12(7-11)20-3/h5-8H,4H2,1-3H3,(H2,16,17,18,19). The lowest BCUT2D eigenvalue weighted by atomic mass is 10.2. The molecule has 106 valence electrons. The van der Waals surface area contributed by atoms with E-state index in [1.165, 1.54) is 0 Å². The molecule has 0 saturated heterocycles. The zero-order chi connectivity index (χ0) is 14.5. The molecule has 0 aliphatic carbocycles. The summed E-state index contributed by atoms with van der Waals surface area (Å²) in [5, 5.41) is 6.50. The number of rotatable bonds is 5. The first kappa shape index (κ1) is 14.6. The van der Waals surface area contributed by atoms with Gasteiger partial charge in [0.25, 0.3) is 0 Å². The summed E-state index contributed by atoms with van der Waals surface area (Å²) in [6.07, 6.45) is 1.54. The Morgan fingerprint density at radius 3 is 2.65 bits per heavy atom. The molecule has 2 rings (SSSR count). The Morgan fingerprint density at radius 1 is 1.20 bits per heavy atom. The molecule has 0 radical (unpaired) electrons. The lowest BCUT2D eigenvalue weighted by molar-refractivity contribution is 0.415. The zero-order valence-electron chi connectivity index (χ0n) is 11.7. The third-order valence-corrected chi connectivity index (χ3v) is 3.26. The molecule has 0 bridgehead atoms. The van der Waals surface area contributed by atoms with Crippen LogP contribution in [0.4, 0.5) is 17.3 Å². The summed E-state index contributed by atoms with van der Waals surface area (Å²) in [7, 11) is 1.64. The van der Waals surface area contributed by atoms with E-state index in [-0.39, 0.29) is 0 Å². The molecule has 0 atom stereocenters. The summed E-state index contributed by atoms with van der Waals surface area (Å²) >= 11 is 3.46. The van der Waals surface area contributed by atoms with Crippen LogP contribution < -0.4 is 15.4 Å². The first-order valence-corrected chi connectivity index (χ1v) is 7.10. The van der Waals surface area contributed by atoms with E-state index in [4.69, 9.17) is 4.74 Å². The molecule has 1 heterocycles. The van der Waals surface area contributed by atoms with E-state index in [1.807, 2.05) is 32.0 Å². The van der Waals surface area contributed by atoms with E-state index < -0.39 is 0 Å². The number of nitrogens with one attached hydrogen (secondary N) is 2. The first-order chi connectivity index (χ1) is 9.63. The number of hydrogen-bond donors (Lipinski definition) is 2. The average Bonchev–Trinajstić information content (AvgIpc) is 2.43. The van der Waals surface area contributed by atoms with Crippen LogP contribution in [0.1, 0.15) is 12.5 Å². The van der Waals surface area contributed by atoms with E-state index in [0.717, 1.165) is 39.7 Å². The quantitative estimate of drug-likeness (QED) is 0.871. The lowest BCUT2D eigenvalue weighted by Crippen LogP contribution is -2.05. The van der Waals surface area contributed by atoms with Crippen molar-refractivity contribution in [2.75, 3.05) is 24.3 Å². The molecule has 2 N–H and O–H groups in total. The van der Waals surface area contributed by atoms with Gasteiger partial charge in [0.15, 0.2) is 0 Å². The summed E-state index contributed by atoms with van der Waals surface area (Å²) in [5.41, 5.74) is 1.88. The van der Waals surface area contributed by atoms with Crippen LogP contribution in [0.3, 0.4) is 0 Å². The lowest BCUT2D eigenvalue weighted by Gasteiger charge is -2.13. The van der Waals surface area contributed by atoms with Crippen molar-refractivity contribution in [2.24, 2.45) is 0 Å². The van der Waals surface area contributed by atoms with Crippen LogP contribution in [0.25, 0.3) is 0 Å². The predicted octanol–water partition coefficient (Wildman–Crippen LogP) is 3.73. The van der Waals surface area contributed by atoms with Gasteiger partial charge in [-0.05, 0) is 26.0 Å². The highest BCUT2D eigenvalue weighted by molar-refractivity contribution is 9.10. The number of nitrogens with zero attached hydrogens (tertiary/aromatic N) is 2. The van der Waals surface area contributed by atoms with Crippen molar-refractivity contribution in [2.45, 2.75) is 13.8 Å². The molecule has 2 aromatic rings. The maximum Gasteiger partial charge on any atom is 0.138 e. The second kappa shape index (κ2) is 6.56. The Morgan fingerprint density at radius 2 is 1.95 bits per heavy atom. The molecular weight excluding hydrogens is 320 g/mol. The van der Waals surface area contributed by atoms with Crippen LogP contribution in [0, 0.1) is 6.92 Å². The zero-order valence-corrected chi connectivity index (χ0v) is 13.3. The van der Waals surface area contributed by atoms with E-state index in [1.54, 1.807) is 13.4 Å². The van der Waals surface area contributed by atoms with Gasteiger partial charge in [-0.3, -0.25) is 0 Å².